The third-order valence-electron chi connectivity index (χ3n) is 3.46. The Hall–Kier alpha value is -0.950. The van der Waals surface area contributed by atoms with Gasteiger partial charge in [-0.25, -0.2) is 4.79 Å². The van der Waals surface area contributed by atoms with Crippen molar-refractivity contribution in [1.29, 1.82) is 0 Å². The van der Waals surface area contributed by atoms with Crippen molar-refractivity contribution in [3.63, 3.8) is 0 Å². The largest absolute Gasteiger partial charge is 0.478 e. The summed E-state index contributed by atoms with van der Waals surface area (Å²) in [6.45, 7) is 6.22. The van der Waals surface area contributed by atoms with Crippen molar-refractivity contribution < 1.29 is 28.8 Å². The van der Waals surface area contributed by atoms with Crippen molar-refractivity contribution in [2.45, 2.75) is 50.6 Å². The van der Waals surface area contributed by atoms with Gasteiger partial charge in [-0.1, -0.05) is 13.0 Å². The van der Waals surface area contributed by atoms with Crippen molar-refractivity contribution in [2.75, 3.05) is 26.4 Å². The predicted octanol–water partition coefficient (Wildman–Crippen LogP) is 1.73. The summed E-state index contributed by atoms with van der Waals surface area (Å²) in [6, 6.07) is 0. The first-order chi connectivity index (χ1) is 10.1. The van der Waals surface area contributed by atoms with Gasteiger partial charge in [-0.2, -0.15) is 0 Å². The number of ether oxygens (including phenoxy) is 4. The highest BCUT2D eigenvalue weighted by Gasteiger charge is 2.27. The molecule has 2 atom stereocenters. The Morgan fingerprint density at radius 1 is 1.14 bits per heavy atom. The topological polar surface area (TPSA) is 80.8 Å². The smallest absolute Gasteiger partial charge is 0.330 e. The van der Waals surface area contributed by atoms with E-state index in [1.165, 1.54) is 0 Å². The Bertz CT molecular complexity index is 332. The lowest BCUT2D eigenvalue weighted by Gasteiger charge is -2.17. The zero-order valence-electron chi connectivity index (χ0n) is 12.3. The van der Waals surface area contributed by atoms with Gasteiger partial charge in [0, 0.05) is 5.57 Å². The molecule has 2 fully saturated rings. The summed E-state index contributed by atoms with van der Waals surface area (Å²) in [6.07, 6.45) is 4.28. The van der Waals surface area contributed by atoms with Crippen LogP contribution in [0.4, 0.5) is 0 Å². The molecule has 21 heavy (non-hydrogen) atoms. The average Bonchev–Trinajstić information content (AvgIpc) is 3.34. The third kappa shape index (κ3) is 7.57. The summed E-state index contributed by atoms with van der Waals surface area (Å²) in [7, 11) is 0. The van der Waals surface area contributed by atoms with Gasteiger partial charge in [0.15, 0.2) is 6.29 Å². The van der Waals surface area contributed by atoms with E-state index in [1.807, 2.05) is 0 Å². The van der Waals surface area contributed by atoms with Crippen molar-refractivity contribution in [3.05, 3.63) is 12.2 Å². The lowest BCUT2D eigenvalue weighted by molar-refractivity contribution is -0.151. The molecule has 0 aromatic carbocycles. The molecule has 0 amide bonds. The summed E-state index contributed by atoms with van der Waals surface area (Å²) in [5, 5.41) is 8.72. The molecule has 0 spiro atoms. The van der Waals surface area contributed by atoms with E-state index < -0.39 is 5.97 Å². The molecule has 0 saturated carbocycles. The maximum absolute atomic E-state index is 10.6. The van der Waals surface area contributed by atoms with Crippen LogP contribution in [-0.4, -0.2) is 56.0 Å². The Kier molecular flexibility index (Phi) is 6.63. The Balaban J connectivity index is 1.53. The highest BCUT2D eigenvalue weighted by Crippen LogP contribution is 2.17. The molecule has 2 aliphatic rings. The van der Waals surface area contributed by atoms with Crippen LogP contribution in [0.3, 0.4) is 0 Å². The molecule has 0 aromatic rings. The number of carboxylic acid groups (broad SMARTS) is 1. The maximum Gasteiger partial charge on any atom is 0.330 e. The van der Waals surface area contributed by atoms with E-state index in [-0.39, 0.29) is 24.1 Å². The van der Waals surface area contributed by atoms with Crippen molar-refractivity contribution >= 4 is 5.97 Å². The average molecular weight is 300 g/mol. The van der Waals surface area contributed by atoms with E-state index in [2.05, 4.69) is 6.58 Å². The van der Waals surface area contributed by atoms with Crippen LogP contribution in [0.25, 0.3) is 0 Å². The molecule has 2 saturated heterocycles. The number of unbranched alkanes of at least 4 members (excludes halogenated alkanes) is 2. The molecular weight excluding hydrogens is 276 g/mol. The molecule has 6 heteroatoms. The van der Waals surface area contributed by atoms with Gasteiger partial charge in [0.25, 0.3) is 0 Å². The molecule has 0 aliphatic carbocycles. The van der Waals surface area contributed by atoms with Crippen LogP contribution in [-0.2, 0) is 23.7 Å². The molecule has 0 aromatic heterocycles. The Morgan fingerprint density at radius 3 is 2.19 bits per heavy atom. The maximum atomic E-state index is 10.6. The summed E-state index contributed by atoms with van der Waals surface area (Å²) in [5.74, 6) is -0.909. The lowest BCUT2D eigenvalue weighted by Crippen LogP contribution is -2.22. The summed E-state index contributed by atoms with van der Waals surface area (Å²) >= 11 is 0. The summed E-state index contributed by atoms with van der Waals surface area (Å²) in [4.78, 5) is 10.6. The SMILES string of the molecule is C=C(CCCCCC(OCC1CO1)OCC1CO1)C(=O)O. The first-order valence-corrected chi connectivity index (χ1v) is 7.52. The molecule has 120 valence electrons. The lowest BCUT2D eigenvalue weighted by atomic mass is 10.1. The molecule has 1 N–H and O–H groups in total. The number of rotatable bonds is 13. The molecule has 2 heterocycles. The van der Waals surface area contributed by atoms with E-state index in [9.17, 15) is 4.79 Å². The molecule has 0 radical (unpaired) electrons. The second-order valence-corrected chi connectivity index (χ2v) is 5.51. The van der Waals surface area contributed by atoms with Gasteiger partial charge in [0.1, 0.15) is 12.2 Å². The van der Waals surface area contributed by atoms with Crippen LogP contribution in [0.5, 0.6) is 0 Å². The van der Waals surface area contributed by atoms with Gasteiger partial charge in [-0.3, -0.25) is 0 Å². The van der Waals surface area contributed by atoms with E-state index in [0.717, 1.165) is 38.9 Å². The van der Waals surface area contributed by atoms with Crippen LogP contribution in [0, 0.1) is 0 Å². The second-order valence-electron chi connectivity index (χ2n) is 5.51. The number of hydrogen-bond acceptors (Lipinski definition) is 5. The zero-order chi connectivity index (χ0) is 15.1. The Labute approximate surface area is 125 Å². The van der Waals surface area contributed by atoms with Gasteiger partial charge >= 0.3 is 5.97 Å². The highest BCUT2D eigenvalue weighted by molar-refractivity contribution is 5.85. The fourth-order valence-electron chi connectivity index (χ4n) is 1.91. The molecule has 2 rings (SSSR count). The van der Waals surface area contributed by atoms with Gasteiger partial charge in [-0.05, 0) is 25.7 Å². The molecular formula is C15H24O6. The number of epoxide rings is 2. The van der Waals surface area contributed by atoms with Crippen LogP contribution in [0.2, 0.25) is 0 Å². The third-order valence-corrected chi connectivity index (χ3v) is 3.46. The fourth-order valence-corrected chi connectivity index (χ4v) is 1.91. The highest BCUT2D eigenvalue weighted by atomic mass is 16.7. The quantitative estimate of drug-likeness (QED) is 0.241. The molecule has 0 bridgehead atoms. The van der Waals surface area contributed by atoms with Crippen molar-refractivity contribution in [2.24, 2.45) is 0 Å². The standard InChI is InChI=1S/C15H24O6/c1-11(15(16)17)5-3-2-4-6-14(20-9-12-7-18-12)21-10-13-8-19-13/h12-14H,1-10H2,(H,16,17). The number of aliphatic carboxylic acids is 1. The summed E-state index contributed by atoms with van der Waals surface area (Å²) in [5.41, 5.74) is 0.274. The van der Waals surface area contributed by atoms with Crippen molar-refractivity contribution in [1.82, 2.24) is 0 Å². The number of carboxylic acids is 1. The van der Waals surface area contributed by atoms with Crippen LogP contribution in [0.15, 0.2) is 12.2 Å². The number of carbonyl (C=O) groups is 1. The van der Waals surface area contributed by atoms with Gasteiger partial charge < -0.3 is 24.1 Å². The van der Waals surface area contributed by atoms with E-state index in [0.29, 0.717) is 19.6 Å². The Morgan fingerprint density at radius 2 is 1.71 bits per heavy atom. The first kappa shape index (κ1) is 16.4. The second kappa shape index (κ2) is 8.48. The molecule has 6 nitrogen and oxygen atoms in total. The number of hydrogen-bond donors (Lipinski definition) is 1. The minimum Gasteiger partial charge on any atom is -0.478 e. The minimum absolute atomic E-state index is 0.221. The van der Waals surface area contributed by atoms with E-state index in [4.69, 9.17) is 24.1 Å². The molecule has 2 aliphatic heterocycles. The normalized spacial score (nSPS) is 24.6. The van der Waals surface area contributed by atoms with Crippen LogP contribution in [0.1, 0.15) is 32.1 Å². The van der Waals surface area contributed by atoms with E-state index in [1.54, 1.807) is 0 Å². The first-order valence-electron chi connectivity index (χ1n) is 7.52. The summed E-state index contributed by atoms with van der Waals surface area (Å²) < 4.78 is 21.6. The van der Waals surface area contributed by atoms with Crippen LogP contribution < -0.4 is 0 Å². The monoisotopic (exact) mass is 300 g/mol. The van der Waals surface area contributed by atoms with Gasteiger partial charge in [0.05, 0.1) is 26.4 Å². The zero-order valence-corrected chi connectivity index (χ0v) is 12.3. The minimum atomic E-state index is -0.909. The van der Waals surface area contributed by atoms with Crippen molar-refractivity contribution in [3.8, 4) is 0 Å². The predicted molar refractivity (Wildman–Crippen MR) is 75.0 cm³/mol. The van der Waals surface area contributed by atoms with Crippen LogP contribution >= 0.6 is 0 Å². The van der Waals surface area contributed by atoms with E-state index >= 15 is 0 Å². The van der Waals surface area contributed by atoms with Gasteiger partial charge in [0.2, 0.25) is 0 Å². The van der Waals surface area contributed by atoms with Gasteiger partial charge in [-0.15, -0.1) is 0 Å². The molecule has 2 unspecified atom stereocenters. The fraction of sp³-hybridized carbons (Fsp3) is 0.800.